The minimum Gasteiger partial charge on any atom is -0.495 e. The molecule has 0 saturated carbocycles. The van der Waals surface area contributed by atoms with Crippen LogP contribution in [0.25, 0.3) is 10.2 Å². The van der Waals surface area contributed by atoms with Gasteiger partial charge in [0.25, 0.3) is 10.0 Å². The van der Waals surface area contributed by atoms with Crippen LogP contribution in [0, 0.1) is 0 Å². The van der Waals surface area contributed by atoms with E-state index in [1.807, 2.05) is 12.1 Å². The van der Waals surface area contributed by atoms with Crippen molar-refractivity contribution in [3.63, 3.8) is 0 Å². The van der Waals surface area contributed by atoms with Gasteiger partial charge >= 0.3 is 4.87 Å². The molecule has 1 fully saturated rings. The van der Waals surface area contributed by atoms with Crippen molar-refractivity contribution in [2.45, 2.75) is 16.3 Å². The zero-order valence-corrected chi connectivity index (χ0v) is 23.9. The molecule has 2 heterocycles. The number of aromatic nitrogens is 1. The molecule has 10 nitrogen and oxygen atoms in total. The van der Waals surface area contributed by atoms with Gasteiger partial charge in [-0.05, 0) is 48.0 Å². The molecule has 1 saturated heterocycles. The quantitative estimate of drug-likeness (QED) is 0.324. The number of rotatable bonds is 8. The van der Waals surface area contributed by atoms with Gasteiger partial charge in [-0.15, -0.1) is 0 Å². The normalized spacial score (nSPS) is 14.9. The third-order valence-corrected chi connectivity index (χ3v) is 10.8. The predicted octanol–water partition coefficient (Wildman–Crippen LogP) is 3.60. The van der Waals surface area contributed by atoms with E-state index in [0.717, 1.165) is 16.9 Å². The summed E-state index contributed by atoms with van der Waals surface area (Å²) in [4.78, 5) is 12.3. The summed E-state index contributed by atoms with van der Waals surface area (Å²) in [5.41, 5.74) is 1.30. The van der Waals surface area contributed by atoms with E-state index in [0.29, 0.717) is 15.2 Å². The fourth-order valence-corrected chi connectivity index (χ4v) is 7.95. The Morgan fingerprint density at radius 2 is 1.72 bits per heavy atom. The van der Waals surface area contributed by atoms with Gasteiger partial charge in [0, 0.05) is 18.1 Å². The lowest BCUT2D eigenvalue weighted by Crippen LogP contribution is -2.40. The van der Waals surface area contributed by atoms with E-state index < -0.39 is 20.0 Å². The SMILES string of the molecule is COc1ccc(S(=O)(=O)N2CCOCC2)cc1NS(=O)(=O)c1ccc2c(c1)sc(=O)n2Cc1ccccc1Cl. The molecule has 1 aliphatic rings. The van der Waals surface area contributed by atoms with E-state index in [1.54, 1.807) is 18.2 Å². The number of fused-ring (bicyclic) bond motifs is 1. The minimum atomic E-state index is -4.18. The Morgan fingerprint density at radius 3 is 2.44 bits per heavy atom. The van der Waals surface area contributed by atoms with Crippen LogP contribution in [0.3, 0.4) is 0 Å². The maximum Gasteiger partial charge on any atom is 0.308 e. The second-order valence-electron chi connectivity index (χ2n) is 8.66. The summed E-state index contributed by atoms with van der Waals surface area (Å²) in [6.45, 7) is 1.21. The van der Waals surface area contributed by atoms with Crippen molar-refractivity contribution >= 4 is 58.9 Å². The average Bonchev–Trinajstić information content (AvgIpc) is 3.24. The zero-order valence-electron chi connectivity index (χ0n) is 20.7. The van der Waals surface area contributed by atoms with E-state index in [4.69, 9.17) is 21.1 Å². The number of methoxy groups -OCH3 is 1. The van der Waals surface area contributed by atoms with Gasteiger partial charge in [-0.3, -0.25) is 14.1 Å². The number of morpholine rings is 1. The van der Waals surface area contributed by atoms with Crippen LogP contribution in [-0.4, -0.2) is 59.1 Å². The molecule has 0 aliphatic carbocycles. The third kappa shape index (κ3) is 5.55. The van der Waals surface area contributed by atoms with Gasteiger partial charge in [0.2, 0.25) is 10.0 Å². The number of anilines is 1. The molecule has 0 amide bonds. The third-order valence-electron chi connectivity index (χ3n) is 6.26. The highest BCUT2D eigenvalue weighted by Gasteiger charge is 2.28. The maximum atomic E-state index is 13.4. The van der Waals surface area contributed by atoms with Gasteiger partial charge in [0.1, 0.15) is 5.75 Å². The summed E-state index contributed by atoms with van der Waals surface area (Å²) in [6, 6.07) is 15.5. The Labute approximate surface area is 234 Å². The second-order valence-corrected chi connectivity index (χ2v) is 13.7. The van der Waals surface area contributed by atoms with Crippen LogP contribution in [0.4, 0.5) is 5.69 Å². The first-order valence-corrected chi connectivity index (χ1v) is 15.9. The van der Waals surface area contributed by atoms with Crippen molar-refractivity contribution in [3.8, 4) is 5.75 Å². The van der Waals surface area contributed by atoms with Gasteiger partial charge in [0.15, 0.2) is 0 Å². The van der Waals surface area contributed by atoms with Crippen LogP contribution in [0.15, 0.2) is 75.2 Å². The second kappa shape index (κ2) is 10.9. The number of nitrogens with zero attached hydrogens (tertiary/aromatic N) is 2. The Kier molecular flexibility index (Phi) is 7.73. The van der Waals surface area contributed by atoms with Crippen molar-refractivity contribution in [3.05, 3.63) is 80.9 Å². The lowest BCUT2D eigenvalue weighted by molar-refractivity contribution is 0.0730. The minimum absolute atomic E-state index is 0.0311. The van der Waals surface area contributed by atoms with Gasteiger partial charge in [-0.1, -0.05) is 41.1 Å². The van der Waals surface area contributed by atoms with Crippen molar-refractivity contribution in [1.82, 2.24) is 8.87 Å². The van der Waals surface area contributed by atoms with Gasteiger partial charge in [0.05, 0.1) is 52.6 Å². The smallest absolute Gasteiger partial charge is 0.308 e. The lowest BCUT2D eigenvalue weighted by atomic mass is 10.2. The number of ether oxygens (including phenoxy) is 2. The molecule has 0 unspecified atom stereocenters. The van der Waals surface area contributed by atoms with E-state index in [2.05, 4.69) is 4.72 Å². The molecule has 0 radical (unpaired) electrons. The molecular formula is C25H24ClN3O7S3. The number of nitrogens with one attached hydrogen (secondary N) is 1. The molecule has 39 heavy (non-hydrogen) atoms. The molecule has 4 aromatic rings. The summed E-state index contributed by atoms with van der Waals surface area (Å²) in [5.74, 6) is 0.149. The first-order valence-electron chi connectivity index (χ1n) is 11.8. The van der Waals surface area contributed by atoms with E-state index in [-0.39, 0.29) is 58.9 Å². The fourth-order valence-electron chi connectivity index (χ4n) is 4.23. The van der Waals surface area contributed by atoms with Crippen LogP contribution in [-0.2, 0) is 31.3 Å². The zero-order chi connectivity index (χ0) is 27.8. The number of benzene rings is 3. The molecule has 206 valence electrons. The number of sulfonamides is 2. The number of hydrogen-bond acceptors (Lipinski definition) is 8. The summed E-state index contributed by atoms with van der Waals surface area (Å²) < 4.78 is 69.2. The molecule has 0 spiro atoms. The number of halogens is 1. The molecule has 1 aromatic heterocycles. The first-order chi connectivity index (χ1) is 18.6. The number of thiazole rings is 1. The highest BCUT2D eigenvalue weighted by molar-refractivity contribution is 7.92. The van der Waals surface area contributed by atoms with Gasteiger partial charge in [-0.2, -0.15) is 4.31 Å². The predicted molar refractivity (Wildman–Crippen MR) is 150 cm³/mol. The maximum absolute atomic E-state index is 13.4. The van der Waals surface area contributed by atoms with Gasteiger partial charge in [-0.25, -0.2) is 16.8 Å². The Morgan fingerprint density at radius 1 is 1.00 bits per heavy atom. The molecule has 0 bridgehead atoms. The topological polar surface area (TPSA) is 124 Å². The van der Waals surface area contributed by atoms with Crippen LogP contribution < -0.4 is 14.3 Å². The Balaban J connectivity index is 1.47. The highest BCUT2D eigenvalue weighted by Crippen LogP contribution is 2.32. The van der Waals surface area contributed by atoms with Crippen molar-refractivity contribution in [2.24, 2.45) is 0 Å². The van der Waals surface area contributed by atoms with E-state index in [9.17, 15) is 21.6 Å². The van der Waals surface area contributed by atoms with Crippen molar-refractivity contribution in [2.75, 3.05) is 38.1 Å². The fraction of sp³-hybridized carbons (Fsp3) is 0.240. The van der Waals surface area contributed by atoms with Crippen LogP contribution in [0.1, 0.15) is 5.56 Å². The van der Waals surface area contributed by atoms with E-state index >= 15 is 0 Å². The summed E-state index contributed by atoms with van der Waals surface area (Å²) in [6.07, 6.45) is 0. The largest absolute Gasteiger partial charge is 0.495 e. The molecule has 3 aromatic carbocycles. The van der Waals surface area contributed by atoms with E-state index in [1.165, 1.54) is 46.3 Å². The highest BCUT2D eigenvalue weighted by atomic mass is 35.5. The van der Waals surface area contributed by atoms with Crippen LogP contribution in [0.2, 0.25) is 5.02 Å². The molecule has 0 atom stereocenters. The standard InChI is InChI=1S/C25H24ClN3O7S3/c1-35-23-9-7-19(39(33,34)28-10-12-36-13-11-28)14-21(23)27-38(31,32)18-6-8-22-24(15-18)37-25(30)29(22)16-17-4-2-3-5-20(17)26/h2-9,14-15,27H,10-13,16H2,1H3. The molecule has 1 aliphatic heterocycles. The summed E-state index contributed by atoms with van der Waals surface area (Å²) >= 11 is 7.18. The van der Waals surface area contributed by atoms with Crippen LogP contribution >= 0.6 is 22.9 Å². The average molecular weight is 610 g/mol. The van der Waals surface area contributed by atoms with Crippen LogP contribution in [0.5, 0.6) is 5.75 Å². The molecule has 14 heteroatoms. The first kappa shape index (κ1) is 27.6. The Hall–Kier alpha value is -2.94. The monoisotopic (exact) mass is 609 g/mol. The molecular weight excluding hydrogens is 586 g/mol. The molecule has 5 rings (SSSR count). The van der Waals surface area contributed by atoms with Gasteiger partial charge < -0.3 is 9.47 Å². The number of hydrogen-bond donors (Lipinski definition) is 1. The summed E-state index contributed by atoms with van der Waals surface area (Å²) in [7, 11) is -6.69. The van der Waals surface area contributed by atoms with Crippen molar-refractivity contribution < 1.29 is 26.3 Å². The molecule has 1 N–H and O–H groups in total. The van der Waals surface area contributed by atoms with Crippen molar-refractivity contribution in [1.29, 1.82) is 0 Å². The Bertz CT molecular complexity index is 1810. The summed E-state index contributed by atoms with van der Waals surface area (Å²) in [5, 5.41) is 0.527. The lowest BCUT2D eigenvalue weighted by Gasteiger charge is -2.26.